The van der Waals surface area contributed by atoms with Crippen LogP contribution in [-0.4, -0.2) is 18.2 Å². The number of hydrogen-bond donors (Lipinski definition) is 1. The Kier molecular flexibility index (Phi) is 4.88. The number of hydrogen-bond acceptors (Lipinski definition) is 3. The van der Waals surface area contributed by atoms with Gasteiger partial charge in [0.15, 0.2) is 0 Å². The highest BCUT2D eigenvalue weighted by Gasteiger charge is 2.07. The van der Waals surface area contributed by atoms with Crippen molar-refractivity contribution in [2.24, 2.45) is 5.73 Å². The first-order valence-corrected chi connectivity index (χ1v) is 6.91. The van der Waals surface area contributed by atoms with Gasteiger partial charge in [-0.05, 0) is 43.5 Å². The van der Waals surface area contributed by atoms with Crippen molar-refractivity contribution in [3.8, 4) is 0 Å². The van der Waals surface area contributed by atoms with E-state index < -0.39 is 0 Å². The van der Waals surface area contributed by atoms with Gasteiger partial charge in [0, 0.05) is 30.3 Å². The van der Waals surface area contributed by atoms with E-state index in [1.54, 1.807) is 0 Å². The van der Waals surface area contributed by atoms with Gasteiger partial charge in [-0.25, -0.2) is 0 Å². The molecule has 0 aliphatic heterocycles. The third-order valence-electron chi connectivity index (χ3n) is 3.20. The van der Waals surface area contributed by atoms with Crippen molar-refractivity contribution >= 4 is 10.9 Å². The van der Waals surface area contributed by atoms with E-state index in [2.05, 4.69) is 30.1 Å². The molecule has 1 aromatic carbocycles. The third-order valence-corrected chi connectivity index (χ3v) is 3.20. The Morgan fingerprint density at radius 1 is 1.21 bits per heavy atom. The van der Waals surface area contributed by atoms with Crippen molar-refractivity contribution < 1.29 is 4.74 Å². The van der Waals surface area contributed by atoms with Crippen LogP contribution in [0.25, 0.3) is 10.9 Å². The fraction of sp³-hybridized carbons (Fsp3) is 0.438. The zero-order valence-electron chi connectivity index (χ0n) is 11.7. The molecule has 0 spiro atoms. The van der Waals surface area contributed by atoms with Gasteiger partial charge in [-0.1, -0.05) is 19.1 Å². The summed E-state index contributed by atoms with van der Waals surface area (Å²) < 4.78 is 5.49. The van der Waals surface area contributed by atoms with E-state index in [-0.39, 0.29) is 6.04 Å². The van der Waals surface area contributed by atoms with Gasteiger partial charge in [0.05, 0.1) is 5.52 Å². The van der Waals surface area contributed by atoms with Crippen LogP contribution in [0, 0.1) is 6.92 Å². The lowest BCUT2D eigenvalue weighted by Crippen LogP contribution is -2.13. The molecule has 0 amide bonds. The molecule has 2 N–H and O–H groups in total. The van der Waals surface area contributed by atoms with Crippen LogP contribution in [0.3, 0.4) is 0 Å². The van der Waals surface area contributed by atoms with Crippen molar-refractivity contribution in [2.75, 3.05) is 13.2 Å². The Labute approximate surface area is 114 Å². The zero-order valence-corrected chi connectivity index (χ0v) is 11.7. The maximum atomic E-state index is 6.20. The number of nitrogens with two attached hydrogens (primary N) is 1. The fourth-order valence-electron chi connectivity index (χ4n) is 2.10. The maximum absolute atomic E-state index is 6.20. The first kappa shape index (κ1) is 14.0. The highest BCUT2D eigenvalue weighted by molar-refractivity contribution is 5.79. The lowest BCUT2D eigenvalue weighted by atomic mass is 10.0. The highest BCUT2D eigenvalue weighted by Crippen LogP contribution is 2.20. The lowest BCUT2D eigenvalue weighted by Gasteiger charge is -2.13. The normalized spacial score (nSPS) is 12.8. The van der Waals surface area contributed by atoms with Crippen LogP contribution in [0.1, 0.15) is 37.1 Å². The van der Waals surface area contributed by atoms with Crippen LogP contribution >= 0.6 is 0 Å². The molecule has 0 radical (unpaired) electrons. The van der Waals surface area contributed by atoms with Gasteiger partial charge in [0.25, 0.3) is 0 Å². The molecule has 0 fully saturated rings. The Balaban J connectivity index is 2.05. The summed E-state index contributed by atoms with van der Waals surface area (Å²) in [4.78, 5) is 4.50. The van der Waals surface area contributed by atoms with Gasteiger partial charge >= 0.3 is 0 Å². The number of benzene rings is 1. The fourth-order valence-corrected chi connectivity index (χ4v) is 2.10. The van der Waals surface area contributed by atoms with Gasteiger partial charge in [-0.3, -0.25) is 4.98 Å². The van der Waals surface area contributed by atoms with E-state index in [0.29, 0.717) is 0 Å². The van der Waals surface area contributed by atoms with Gasteiger partial charge < -0.3 is 10.5 Å². The summed E-state index contributed by atoms with van der Waals surface area (Å²) in [5.41, 5.74) is 9.41. The van der Waals surface area contributed by atoms with Gasteiger partial charge in [0.2, 0.25) is 0 Å². The van der Waals surface area contributed by atoms with Crippen molar-refractivity contribution in [3.63, 3.8) is 0 Å². The molecule has 1 atom stereocenters. The predicted octanol–water partition coefficient (Wildman–Crippen LogP) is 3.36. The Morgan fingerprint density at radius 3 is 2.84 bits per heavy atom. The second-order valence-corrected chi connectivity index (χ2v) is 4.91. The van der Waals surface area contributed by atoms with Crippen molar-refractivity contribution in [1.82, 2.24) is 4.98 Å². The number of rotatable bonds is 6. The summed E-state index contributed by atoms with van der Waals surface area (Å²) in [7, 11) is 0. The van der Waals surface area contributed by atoms with Crippen LogP contribution in [0.2, 0.25) is 0 Å². The first-order chi connectivity index (χ1) is 9.20. The van der Waals surface area contributed by atoms with Gasteiger partial charge in [0.1, 0.15) is 0 Å². The third kappa shape index (κ3) is 3.75. The van der Waals surface area contributed by atoms with Gasteiger partial charge in [-0.15, -0.1) is 0 Å². The first-order valence-electron chi connectivity index (χ1n) is 6.91. The average molecular weight is 258 g/mol. The van der Waals surface area contributed by atoms with E-state index in [4.69, 9.17) is 10.5 Å². The Morgan fingerprint density at radius 2 is 2.05 bits per heavy atom. The summed E-state index contributed by atoms with van der Waals surface area (Å²) in [6.07, 6.45) is 1.90. The molecule has 102 valence electrons. The van der Waals surface area contributed by atoms with E-state index in [1.165, 1.54) is 0 Å². The molecule has 0 saturated heterocycles. The van der Waals surface area contributed by atoms with Gasteiger partial charge in [-0.2, -0.15) is 0 Å². The smallest absolute Gasteiger partial charge is 0.0705 e. The summed E-state index contributed by atoms with van der Waals surface area (Å²) in [6.45, 7) is 5.65. The number of aryl methyl sites for hydroxylation is 1. The van der Waals surface area contributed by atoms with Crippen molar-refractivity contribution in [1.29, 1.82) is 0 Å². The lowest BCUT2D eigenvalue weighted by molar-refractivity contribution is 0.128. The summed E-state index contributed by atoms with van der Waals surface area (Å²) in [5.74, 6) is 0. The number of nitrogens with zero attached hydrogens (tertiary/aromatic N) is 1. The molecule has 0 aliphatic carbocycles. The van der Waals surface area contributed by atoms with Crippen LogP contribution in [0.15, 0.2) is 30.3 Å². The van der Waals surface area contributed by atoms with Crippen LogP contribution in [0.4, 0.5) is 0 Å². The highest BCUT2D eigenvalue weighted by atomic mass is 16.5. The minimum atomic E-state index is 0.0301. The molecular formula is C16H22N2O. The van der Waals surface area contributed by atoms with Crippen molar-refractivity contribution in [3.05, 3.63) is 41.6 Å². The number of ether oxygens (including phenoxy) is 1. The SMILES string of the molecule is CCCOCCC(N)c1ccc2nc(C)ccc2c1. The molecule has 3 nitrogen and oxygen atoms in total. The van der Waals surface area contributed by atoms with Crippen LogP contribution in [0.5, 0.6) is 0 Å². The Hall–Kier alpha value is -1.45. The maximum Gasteiger partial charge on any atom is 0.0705 e. The topological polar surface area (TPSA) is 48.1 Å². The molecule has 2 rings (SSSR count). The molecule has 1 unspecified atom stereocenters. The average Bonchev–Trinajstić information content (AvgIpc) is 2.42. The molecule has 0 bridgehead atoms. The molecule has 0 aliphatic rings. The summed E-state index contributed by atoms with van der Waals surface area (Å²) in [5, 5.41) is 1.15. The Bertz CT molecular complexity index is 539. The number of fused-ring (bicyclic) bond motifs is 1. The molecule has 1 heterocycles. The molecule has 2 aromatic rings. The second-order valence-electron chi connectivity index (χ2n) is 4.91. The zero-order chi connectivity index (χ0) is 13.7. The summed E-state index contributed by atoms with van der Waals surface area (Å²) in [6, 6.07) is 10.4. The van der Waals surface area contributed by atoms with E-state index >= 15 is 0 Å². The van der Waals surface area contributed by atoms with Crippen LogP contribution < -0.4 is 5.73 Å². The predicted molar refractivity (Wildman–Crippen MR) is 79.1 cm³/mol. The van der Waals surface area contributed by atoms with Crippen molar-refractivity contribution in [2.45, 2.75) is 32.7 Å². The minimum absolute atomic E-state index is 0.0301. The quantitative estimate of drug-likeness (QED) is 0.808. The number of aromatic nitrogens is 1. The van der Waals surface area contributed by atoms with E-state index in [9.17, 15) is 0 Å². The molecular weight excluding hydrogens is 236 g/mol. The molecule has 1 aromatic heterocycles. The summed E-state index contributed by atoms with van der Waals surface area (Å²) >= 11 is 0. The monoisotopic (exact) mass is 258 g/mol. The van der Waals surface area contributed by atoms with Crippen LogP contribution in [-0.2, 0) is 4.74 Å². The molecule has 0 saturated carbocycles. The second kappa shape index (κ2) is 6.64. The van der Waals surface area contributed by atoms with E-state index in [1.807, 2.05) is 19.1 Å². The van der Waals surface area contributed by atoms with E-state index in [0.717, 1.165) is 48.2 Å². The minimum Gasteiger partial charge on any atom is -0.381 e. The number of pyridine rings is 1. The molecule has 3 heteroatoms. The largest absolute Gasteiger partial charge is 0.381 e. The molecule has 19 heavy (non-hydrogen) atoms. The standard InChI is InChI=1S/C16H22N2O/c1-3-9-19-10-8-15(17)13-6-7-16-14(11-13)5-4-12(2)18-16/h4-7,11,15H,3,8-10,17H2,1-2H3.